The normalized spacial score (nSPS) is 10.5. The van der Waals surface area contributed by atoms with E-state index in [2.05, 4.69) is 10.3 Å². The highest BCUT2D eigenvalue weighted by Gasteiger charge is 2.16. The Morgan fingerprint density at radius 2 is 2.15 bits per heavy atom. The smallest absolute Gasteiger partial charge is 0.328 e. The van der Waals surface area contributed by atoms with Gasteiger partial charge in [-0.05, 0) is 29.6 Å². The summed E-state index contributed by atoms with van der Waals surface area (Å²) in [5.74, 6) is -0.181. The van der Waals surface area contributed by atoms with Crippen LogP contribution >= 0.6 is 22.9 Å². The number of methoxy groups -OCH3 is 1. The second-order valence-electron chi connectivity index (χ2n) is 5.28. The van der Waals surface area contributed by atoms with Crippen molar-refractivity contribution in [1.82, 2.24) is 9.55 Å². The number of amides is 1. The molecule has 0 saturated carbocycles. The Bertz CT molecular complexity index is 1060. The lowest BCUT2D eigenvalue weighted by atomic mass is 10.2. The summed E-state index contributed by atoms with van der Waals surface area (Å²) in [4.78, 5) is 40.2. The number of H-pyrrole nitrogens is 1. The first-order valence-corrected chi connectivity index (χ1v) is 8.75. The second kappa shape index (κ2) is 7.59. The molecule has 1 aromatic carbocycles. The SMILES string of the molecule is COc1ccc(NC(=O)c2c[nH]c(=O)n(Cc3cccs3)c2=O)cc1Cl. The molecule has 2 heterocycles. The van der Waals surface area contributed by atoms with Crippen LogP contribution in [0.25, 0.3) is 0 Å². The number of thiophene rings is 1. The number of hydrogen-bond acceptors (Lipinski definition) is 5. The topological polar surface area (TPSA) is 93.2 Å². The summed E-state index contributed by atoms with van der Waals surface area (Å²) >= 11 is 7.44. The van der Waals surface area contributed by atoms with Crippen LogP contribution < -0.4 is 21.3 Å². The lowest BCUT2D eigenvalue weighted by Crippen LogP contribution is -2.39. The number of aromatic nitrogens is 2. The number of benzene rings is 1. The minimum absolute atomic E-state index is 0.0985. The fourth-order valence-corrected chi connectivity index (χ4v) is 3.27. The Hall–Kier alpha value is -2.84. The van der Waals surface area contributed by atoms with E-state index in [1.807, 2.05) is 17.5 Å². The molecule has 1 amide bonds. The molecule has 9 heteroatoms. The van der Waals surface area contributed by atoms with Crippen LogP contribution in [0.3, 0.4) is 0 Å². The van der Waals surface area contributed by atoms with E-state index in [9.17, 15) is 14.4 Å². The Kier molecular flexibility index (Phi) is 5.24. The van der Waals surface area contributed by atoms with Gasteiger partial charge in [-0.1, -0.05) is 17.7 Å². The second-order valence-corrected chi connectivity index (χ2v) is 6.72. The van der Waals surface area contributed by atoms with E-state index in [0.717, 1.165) is 15.6 Å². The molecule has 0 spiro atoms. The number of hydrogen-bond donors (Lipinski definition) is 2. The third-order valence-corrected chi connectivity index (χ3v) is 4.77. The molecule has 3 rings (SSSR count). The molecule has 2 N–H and O–H groups in total. The molecular weight excluding hydrogens is 378 g/mol. The minimum Gasteiger partial charge on any atom is -0.495 e. The number of carbonyl (C=O) groups is 1. The molecule has 0 saturated heterocycles. The number of rotatable bonds is 5. The first kappa shape index (κ1) is 18.0. The number of nitrogens with zero attached hydrogens (tertiary/aromatic N) is 1. The molecule has 2 aromatic heterocycles. The van der Waals surface area contributed by atoms with E-state index in [0.29, 0.717) is 16.5 Å². The van der Waals surface area contributed by atoms with Gasteiger partial charge in [0.15, 0.2) is 0 Å². The number of halogens is 1. The van der Waals surface area contributed by atoms with Crippen molar-refractivity contribution in [3.05, 3.63) is 78.2 Å². The highest BCUT2D eigenvalue weighted by atomic mass is 35.5. The molecule has 0 aliphatic carbocycles. The molecule has 134 valence electrons. The van der Waals surface area contributed by atoms with Crippen molar-refractivity contribution >= 4 is 34.5 Å². The Labute approximate surface area is 156 Å². The molecule has 0 fully saturated rings. The van der Waals surface area contributed by atoms with Crippen LogP contribution in [0.5, 0.6) is 5.75 Å². The Balaban J connectivity index is 1.89. The standard InChI is InChI=1S/C17H14ClN3O4S/c1-25-14-5-4-10(7-13(14)18)20-15(22)12-8-19-17(24)21(16(12)23)9-11-3-2-6-26-11/h2-8H,9H2,1H3,(H,19,24)(H,20,22). The van der Waals surface area contributed by atoms with Gasteiger partial charge in [0.05, 0.1) is 18.7 Å². The van der Waals surface area contributed by atoms with E-state index >= 15 is 0 Å². The van der Waals surface area contributed by atoms with Crippen molar-refractivity contribution in [2.75, 3.05) is 12.4 Å². The zero-order valence-corrected chi connectivity index (χ0v) is 15.2. The first-order valence-electron chi connectivity index (χ1n) is 7.49. The van der Waals surface area contributed by atoms with Crippen molar-refractivity contribution in [2.24, 2.45) is 0 Å². The first-order chi connectivity index (χ1) is 12.5. The molecule has 0 unspecified atom stereocenters. The molecule has 7 nitrogen and oxygen atoms in total. The van der Waals surface area contributed by atoms with E-state index in [1.54, 1.807) is 12.1 Å². The van der Waals surface area contributed by atoms with E-state index in [1.165, 1.54) is 24.5 Å². The zero-order chi connectivity index (χ0) is 18.7. The lowest BCUT2D eigenvalue weighted by molar-refractivity contribution is 0.102. The number of aromatic amines is 1. The number of anilines is 1. The van der Waals surface area contributed by atoms with E-state index in [-0.39, 0.29) is 12.1 Å². The molecule has 0 bridgehead atoms. The fraction of sp³-hybridized carbons (Fsp3) is 0.118. The molecule has 0 aliphatic rings. The van der Waals surface area contributed by atoms with Crippen LogP contribution in [0, 0.1) is 0 Å². The van der Waals surface area contributed by atoms with Gasteiger partial charge in [-0.25, -0.2) is 4.79 Å². The summed E-state index contributed by atoms with van der Waals surface area (Å²) in [5, 5.41) is 4.75. The third kappa shape index (κ3) is 3.71. The van der Waals surface area contributed by atoms with Crippen molar-refractivity contribution in [2.45, 2.75) is 6.54 Å². The number of ether oxygens (including phenoxy) is 1. The molecule has 0 radical (unpaired) electrons. The highest BCUT2D eigenvalue weighted by Crippen LogP contribution is 2.27. The van der Waals surface area contributed by atoms with Crippen LogP contribution in [0.1, 0.15) is 15.2 Å². The van der Waals surface area contributed by atoms with Gasteiger partial charge < -0.3 is 15.0 Å². The van der Waals surface area contributed by atoms with Gasteiger partial charge in [0.1, 0.15) is 11.3 Å². The third-order valence-electron chi connectivity index (χ3n) is 3.61. The van der Waals surface area contributed by atoms with Gasteiger partial charge in [-0.3, -0.25) is 14.2 Å². The van der Waals surface area contributed by atoms with E-state index < -0.39 is 17.2 Å². The molecular formula is C17H14ClN3O4S. The molecule has 3 aromatic rings. The lowest BCUT2D eigenvalue weighted by Gasteiger charge is -2.09. The predicted molar refractivity (Wildman–Crippen MR) is 101 cm³/mol. The quantitative estimate of drug-likeness (QED) is 0.699. The maximum atomic E-state index is 12.6. The average molecular weight is 392 g/mol. The summed E-state index contributed by atoms with van der Waals surface area (Å²) in [6.07, 6.45) is 1.11. The Morgan fingerprint density at radius 3 is 2.81 bits per heavy atom. The van der Waals surface area contributed by atoms with Gasteiger partial charge >= 0.3 is 5.69 Å². The summed E-state index contributed by atoms with van der Waals surface area (Å²) in [6, 6.07) is 8.33. The van der Waals surface area contributed by atoms with Crippen LogP contribution in [0.15, 0.2) is 51.5 Å². The van der Waals surface area contributed by atoms with Gasteiger partial charge in [0.25, 0.3) is 11.5 Å². The van der Waals surface area contributed by atoms with Gasteiger partial charge in [-0.15, -0.1) is 11.3 Å². The Morgan fingerprint density at radius 1 is 1.35 bits per heavy atom. The van der Waals surface area contributed by atoms with Crippen LogP contribution in [-0.4, -0.2) is 22.6 Å². The summed E-state index contributed by atoms with van der Waals surface area (Å²) in [7, 11) is 1.48. The number of nitrogens with one attached hydrogen (secondary N) is 2. The van der Waals surface area contributed by atoms with Crippen molar-refractivity contribution in [3.63, 3.8) is 0 Å². The monoisotopic (exact) mass is 391 g/mol. The largest absolute Gasteiger partial charge is 0.495 e. The van der Waals surface area contributed by atoms with E-state index in [4.69, 9.17) is 16.3 Å². The maximum Gasteiger partial charge on any atom is 0.328 e. The summed E-state index contributed by atoms with van der Waals surface area (Å²) in [6.45, 7) is 0.0985. The number of carbonyl (C=O) groups excluding carboxylic acids is 1. The highest BCUT2D eigenvalue weighted by molar-refractivity contribution is 7.09. The van der Waals surface area contributed by atoms with Crippen molar-refractivity contribution in [1.29, 1.82) is 0 Å². The predicted octanol–water partition coefficient (Wildman–Crippen LogP) is 2.56. The summed E-state index contributed by atoms with van der Waals surface area (Å²) in [5.41, 5.74) is -1.02. The van der Waals surface area contributed by atoms with Crippen molar-refractivity contribution < 1.29 is 9.53 Å². The summed E-state index contributed by atoms with van der Waals surface area (Å²) < 4.78 is 6.04. The van der Waals surface area contributed by atoms with Gasteiger partial charge in [-0.2, -0.15) is 0 Å². The van der Waals surface area contributed by atoms with Gasteiger partial charge in [0.2, 0.25) is 0 Å². The molecule has 26 heavy (non-hydrogen) atoms. The van der Waals surface area contributed by atoms with Gasteiger partial charge in [0, 0.05) is 16.8 Å². The molecule has 0 aliphatic heterocycles. The maximum absolute atomic E-state index is 12.6. The van der Waals surface area contributed by atoms with Crippen molar-refractivity contribution in [3.8, 4) is 5.75 Å². The van der Waals surface area contributed by atoms with Crippen LogP contribution in [-0.2, 0) is 6.54 Å². The fourth-order valence-electron chi connectivity index (χ4n) is 2.32. The molecule has 0 atom stereocenters. The minimum atomic E-state index is -0.667. The average Bonchev–Trinajstić information content (AvgIpc) is 3.12. The zero-order valence-electron chi connectivity index (χ0n) is 13.6. The van der Waals surface area contributed by atoms with Crippen LogP contribution in [0.4, 0.5) is 5.69 Å². The van der Waals surface area contributed by atoms with Crippen LogP contribution in [0.2, 0.25) is 5.02 Å².